The maximum Gasteiger partial charge on any atom is 0.238 e. The molecule has 1 saturated heterocycles. The van der Waals surface area contributed by atoms with Gasteiger partial charge in [0.15, 0.2) is 0 Å². The van der Waals surface area contributed by atoms with Gasteiger partial charge >= 0.3 is 0 Å². The standard InChI is InChI=1S/C12H19N3O3S/c1-9-8-15(5-2-6-18-9)12-4-3-10(7-11(12)13)19(14,16)17/h3-4,7,9H,2,5-6,8,13H2,1H3,(H2,14,16,17). The van der Waals surface area contributed by atoms with Crippen LogP contribution in [0.1, 0.15) is 13.3 Å². The Hall–Kier alpha value is -1.31. The number of nitrogens with zero attached hydrogens (tertiary/aromatic N) is 1. The van der Waals surface area contributed by atoms with Gasteiger partial charge in [-0.1, -0.05) is 0 Å². The highest BCUT2D eigenvalue weighted by molar-refractivity contribution is 7.89. The maximum atomic E-state index is 11.3. The number of nitrogens with two attached hydrogens (primary N) is 2. The molecule has 0 saturated carbocycles. The Bertz CT molecular complexity index is 559. The highest BCUT2D eigenvalue weighted by Crippen LogP contribution is 2.27. The summed E-state index contributed by atoms with van der Waals surface area (Å²) in [4.78, 5) is 2.15. The average molecular weight is 285 g/mol. The lowest BCUT2D eigenvalue weighted by molar-refractivity contribution is 0.0821. The molecule has 1 atom stereocenters. The number of nitrogen functional groups attached to an aromatic ring is 1. The molecule has 0 aliphatic carbocycles. The van der Waals surface area contributed by atoms with Crippen LogP contribution in [0, 0.1) is 0 Å². The lowest BCUT2D eigenvalue weighted by atomic mass is 10.2. The number of primary sulfonamides is 1. The van der Waals surface area contributed by atoms with Crippen molar-refractivity contribution >= 4 is 21.4 Å². The molecule has 6 nitrogen and oxygen atoms in total. The van der Waals surface area contributed by atoms with Gasteiger partial charge in [0.05, 0.1) is 22.4 Å². The lowest BCUT2D eigenvalue weighted by Crippen LogP contribution is -2.30. The second kappa shape index (κ2) is 5.36. The van der Waals surface area contributed by atoms with Crippen LogP contribution < -0.4 is 15.8 Å². The molecule has 1 aliphatic heterocycles. The normalized spacial score (nSPS) is 21.2. The second-order valence-corrected chi connectivity index (χ2v) is 6.31. The Balaban J connectivity index is 2.30. The third-order valence-corrected chi connectivity index (χ3v) is 4.03. The van der Waals surface area contributed by atoms with E-state index < -0.39 is 10.0 Å². The first-order valence-corrected chi connectivity index (χ1v) is 7.71. The number of rotatable bonds is 2. The SMILES string of the molecule is CC1CN(c2ccc(S(N)(=O)=O)cc2N)CCCO1. The molecule has 1 aliphatic rings. The lowest BCUT2D eigenvalue weighted by Gasteiger charge is -2.25. The van der Waals surface area contributed by atoms with Gasteiger partial charge in [0, 0.05) is 19.7 Å². The molecule has 2 rings (SSSR count). The molecule has 1 aromatic rings. The van der Waals surface area contributed by atoms with Crippen LogP contribution in [0.25, 0.3) is 0 Å². The van der Waals surface area contributed by atoms with Crippen LogP contribution >= 0.6 is 0 Å². The van der Waals surface area contributed by atoms with Crippen molar-refractivity contribution in [3.8, 4) is 0 Å². The number of ether oxygens (including phenoxy) is 1. The number of benzene rings is 1. The number of anilines is 2. The minimum atomic E-state index is -3.71. The molecular weight excluding hydrogens is 266 g/mol. The van der Waals surface area contributed by atoms with Crippen LogP contribution in [0.4, 0.5) is 11.4 Å². The van der Waals surface area contributed by atoms with E-state index in [9.17, 15) is 8.42 Å². The van der Waals surface area contributed by atoms with Crippen LogP contribution in [0.3, 0.4) is 0 Å². The molecule has 0 aromatic heterocycles. The highest BCUT2D eigenvalue weighted by atomic mass is 32.2. The summed E-state index contributed by atoms with van der Waals surface area (Å²) in [5.74, 6) is 0. The summed E-state index contributed by atoms with van der Waals surface area (Å²) >= 11 is 0. The van der Waals surface area contributed by atoms with Crippen LogP contribution in [0.5, 0.6) is 0 Å². The number of hydrogen-bond donors (Lipinski definition) is 2. The molecule has 7 heteroatoms. The van der Waals surface area contributed by atoms with Crippen LogP contribution in [-0.4, -0.2) is 34.2 Å². The molecule has 1 unspecified atom stereocenters. The molecule has 4 N–H and O–H groups in total. The predicted molar refractivity (Wildman–Crippen MR) is 74.5 cm³/mol. The Morgan fingerprint density at radius 3 is 2.79 bits per heavy atom. The highest BCUT2D eigenvalue weighted by Gasteiger charge is 2.18. The van der Waals surface area contributed by atoms with Crippen LogP contribution in [-0.2, 0) is 14.8 Å². The third kappa shape index (κ3) is 3.37. The van der Waals surface area contributed by atoms with Gasteiger partial charge in [0.2, 0.25) is 10.0 Å². The quantitative estimate of drug-likeness (QED) is 0.772. The molecular formula is C12H19N3O3S. The molecule has 1 fully saturated rings. The first kappa shape index (κ1) is 14.1. The monoisotopic (exact) mass is 285 g/mol. The summed E-state index contributed by atoms with van der Waals surface area (Å²) in [7, 11) is -3.71. The first-order valence-electron chi connectivity index (χ1n) is 6.17. The van der Waals surface area contributed by atoms with Crippen molar-refractivity contribution in [1.29, 1.82) is 0 Å². The van der Waals surface area contributed by atoms with Gasteiger partial charge in [0.25, 0.3) is 0 Å². The van der Waals surface area contributed by atoms with Crippen molar-refractivity contribution in [1.82, 2.24) is 0 Å². The van der Waals surface area contributed by atoms with E-state index in [-0.39, 0.29) is 11.0 Å². The largest absolute Gasteiger partial charge is 0.397 e. The molecule has 106 valence electrons. The summed E-state index contributed by atoms with van der Waals surface area (Å²) in [6, 6.07) is 4.59. The smallest absolute Gasteiger partial charge is 0.238 e. The Morgan fingerprint density at radius 1 is 1.42 bits per heavy atom. The molecule has 1 heterocycles. The average Bonchev–Trinajstić information content (AvgIpc) is 2.52. The van der Waals surface area contributed by atoms with Crippen molar-refractivity contribution in [2.24, 2.45) is 5.14 Å². The minimum absolute atomic E-state index is 0.0351. The number of sulfonamides is 1. The molecule has 0 bridgehead atoms. The van der Waals surface area contributed by atoms with E-state index in [0.717, 1.165) is 31.8 Å². The fraction of sp³-hybridized carbons (Fsp3) is 0.500. The molecule has 0 radical (unpaired) electrons. The van der Waals surface area contributed by atoms with Gasteiger partial charge in [-0.25, -0.2) is 13.6 Å². The Morgan fingerprint density at radius 2 is 2.16 bits per heavy atom. The summed E-state index contributed by atoms with van der Waals surface area (Å²) in [6.45, 7) is 4.31. The summed E-state index contributed by atoms with van der Waals surface area (Å²) in [5, 5.41) is 5.08. The molecule has 0 spiro atoms. The predicted octanol–water partition coefficient (Wildman–Crippen LogP) is 0.531. The van der Waals surface area contributed by atoms with E-state index in [1.807, 2.05) is 6.92 Å². The zero-order valence-electron chi connectivity index (χ0n) is 10.9. The van der Waals surface area contributed by atoms with Crippen LogP contribution in [0.15, 0.2) is 23.1 Å². The second-order valence-electron chi connectivity index (χ2n) is 4.75. The van der Waals surface area contributed by atoms with Gasteiger partial charge in [-0.3, -0.25) is 0 Å². The van der Waals surface area contributed by atoms with Crippen molar-refractivity contribution < 1.29 is 13.2 Å². The summed E-state index contributed by atoms with van der Waals surface area (Å²) in [6.07, 6.45) is 1.04. The third-order valence-electron chi connectivity index (χ3n) is 3.12. The first-order chi connectivity index (χ1) is 8.88. The molecule has 0 amide bonds. The van der Waals surface area contributed by atoms with E-state index >= 15 is 0 Å². The van der Waals surface area contributed by atoms with Crippen LogP contribution in [0.2, 0.25) is 0 Å². The summed E-state index contributed by atoms with van der Waals surface area (Å²) in [5.41, 5.74) is 7.18. The fourth-order valence-electron chi connectivity index (χ4n) is 2.21. The number of hydrogen-bond acceptors (Lipinski definition) is 5. The van der Waals surface area contributed by atoms with Gasteiger partial charge in [-0.05, 0) is 31.5 Å². The van der Waals surface area contributed by atoms with E-state index in [0.29, 0.717) is 5.69 Å². The van der Waals surface area contributed by atoms with E-state index in [1.165, 1.54) is 12.1 Å². The van der Waals surface area contributed by atoms with Gasteiger partial charge in [0.1, 0.15) is 0 Å². The molecule has 19 heavy (non-hydrogen) atoms. The van der Waals surface area contributed by atoms with Gasteiger partial charge in [-0.15, -0.1) is 0 Å². The van der Waals surface area contributed by atoms with E-state index in [1.54, 1.807) is 6.07 Å². The van der Waals surface area contributed by atoms with Crippen molar-refractivity contribution in [3.05, 3.63) is 18.2 Å². The Kier molecular flexibility index (Phi) is 3.98. The fourth-order valence-corrected chi connectivity index (χ4v) is 2.76. The van der Waals surface area contributed by atoms with Crippen molar-refractivity contribution in [3.63, 3.8) is 0 Å². The maximum absolute atomic E-state index is 11.3. The zero-order chi connectivity index (χ0) is 14.0. The van der Waals surface area contributed by atoms with E-state index in [4.69, 9.17) is 15.6 Å². The zero-order valence-corrected chi connectivity index (χ0v) is 11.7. The minimum Gasteiger partial charge on any atom is -0.397 e. The van der Waals surface area contributed by atoms with Crippen molar-refractivity contribution in [2.75, 3.05) is 30.3 Å². The van der Waals surface area contributed by atoms with Crippen molar-refractivity contribution in [2.45, 2.75) is 24.3 Å². The topological polar surface area (TPSA) is 98.7 Å². The summed E-state index contributed by atoms with van der Waals surface area (Å²) < 4.78 is 28.1. The van der Waals surface area contributed by atoms with Gasteiger partial charge < -0.3 is 15.4 Å². The molecule has 1 aromatic carbocycles. The van der Waals surface area contributed by atoms with E-state index in [2.05, 4.69) is 4.90 Å². The Labute approximate surface area is 113 Å². The van der Waals surface area contributed by atoms with Gasteiger partial charge in [-0.2, -0.15) is 0 Å².